The zero-order valence-corrected chi connectivity index (χ0v) is 11.5. The molecule has 0 aliphatic heterocycles. The Labute approximate surface area is 109 Å². The summed E-state index contributed by atoms with van der Waals surface area (Å²) < 4.78 is 10.8. The lowest BCUT2D eigenvalue weighted by Crippen LogP contribution is -2.12. The van der Waals surface area contributed by atoms with Crippen molar-refractivity contribution in [3.63, 3.8) is 0 Å². The molecule has 18 heavy (non-hydrogen) atoms. The Kier molecular flexibility index (Phi) is 7.10. The second-order valence-electron chi connectivity index (χ2n) is 4.37. The van der Waals surface area contributed by atoms with Gasteiger partial charge < -0.3 is 14.8 Å². The maximum absolute atomic E-state index is 5.49. The van der Waals surface area contributed by atoms with E-state index in [1.54, 1.807) is 12.3 Å². The minimum atomic E-state index is 0.577. The van der Waals surface area contributed by atoms with E-state index in [-0.39, 0.29) is 0 Å². The van der Waals surface area contributed by atoms with Crippen LogP contribution in [0.3, 0.4) is 0 Å². The Morgan fingerprint density at radius 2 is 2.17 bits per heavy atom. The Morgan fingerprint density at radius 1 is 1.33 bits per heavy atom. The highest BCUT2D eigenvalue weighted by molar-refractivity contribution is 5.27. The van der Waals surface area contributed by atoms with Crippen molar-refractivity contribution in [2.45, 2.75) is 27.2 Å². The molecule has 0 amide bonds. The molecule has 0 spiro atoms. The van der Waals surface area contributed by atoms with Gasteiger partial charge in [0.25, 0.3) is 0 Å². The zero-order chi connectivity index (χ0) is 13.2. The fourth-order valence-corrected chi connectivity index (χ4v) is 1.31. The molecule has 5 heteroatoms. The Morgan fingerprint density at radius 3 is 2.89 bits per heavy atom. The lowest BCUT2D eigenvalue weighted by molar-refractivity contribution is 0.132. The predicted molar refractivity (Wildman–Crippen MR) is 72.0 cm³/mol. The van der Waals surface area contributed by atoms with Gasteiger partial charge in [-0.1, -0.05) is 13.8 Å². The van der Waals surface area contributed by atoms with Gasteiger partial charge in [-0.15, -0.1) is 0 Å². The summed E-state index contributed by atoms with van der Waals surface area (Å²) in [6, 6.07) is 1.74. The van der Waals surface area contributed by atoms with Gasteiger partial charge in [0.15, 0.2) is 0 Å². The third-order valence-corrected chi connectivity index (χ3v) is 2.29. The summed E-state index contributed by atoms with van der Waals surface area (Å²) in [7, 11) is 0. The van der Waals surface area contributed by atoms with Crippen molar-refractivity contribution in [2.75, 3.05) is 31.7 Å². The van der Waals surface area contributed by atoms with Crippen LogP contribution in [0.2, 0.25) is 0 Å². The first-order valence-electron chi connectivity index (χ1n) is 6.49. The van der Waals surface area contributed by atoms with Crippen LogP contribution in [0.25, 0.3) is 0 Å². The van der Waals surface area contributed by atoms with Gasteiger partial charge in [0, 0.05) is 25.4 Å². The Hall–Kier alpha value is -1.36. The molecular weight excluding hydrogens is 230 g/mol. The number of aromatic nitrogens is 2. The quantitative estimate of drug-likeness (QED) is 0.685. The fraction of sp³-hybridized carbons (Fsp3) is 0.692. The number of hydrogen-bond donors (Lipinski definition) is 1. The van der Waals surface area contributed by atoms with E-state index in [9.17, 15) is 0 Å². The first-order valence-corrected chi connectivity index (χ1v) is 6.49. The summed E-state index contributed by atoms with van der Waals surface area (Å²) >= 11 is 0. The minimum Gasteiger partial charge on any atom is -0.478 e. The minimum absolute atomic E-state index is 0.577. The maximum atomic E-state index is 5.49. The summed E-state index contributed by atoms with van der Waals surface area (Å²) in [5, 5.41) is 3.10. The summed E-state index contributed by atoms with van der Waals surface area (Å²) in [4.78, 5) is 8.32. The zero-order valence-electron chi connectivity index (χ0n) is 11.5. The van der Waals surface area contributed by atoms with E-state index in [2.05, 4.69) is 29.1 Å². The molecule has 1 heterocycles. The van der Waals surface area contributed by atoms with Crippen molar-refractivity contribution in [1.82, 2.24) is 9.97 Å². The van der Waals surface area contributed by atoms with Crippen LogP contribution in [-0.2, 0) is 4.74 Å². The van der Waals surface area contributed by atoms with E-state index >= 15 is 0 Å². The number of nitrogens with one attached hydrogen (secondary N) is 1. The van der Waals surface area contributed by atoms with Crippen LogP contribution < -0.4 is 10.1 Å². The van der Waals surface area contributed by atoms with Gasteiger partial charge in [-0.3, -0.25) is 0 Å². The van der Waals surface area contributed by atoms with Crippen molar-refractivity contribution < 1.29 is 9.47 Å². The molecule has 0 radical (unpaired) electrons. The standard InChI is InChI=1S/C13H23N3O2/c1-4-18-12-5-7-14-13(16-12)15-8-10-17-9-6-11(2)3/h5,7,11H,4,6,8-10H2,1-3H3,(H,14,15,16). The van der Waals surface area contributed by atoms with Crippen molar-refractivity contribution in [2.24, 2.45) is 5.92 Å². The molecule has 0 aliphatic rings. The largest absolute Gasteiger partial charge is 0.478 e. The first-order chi connectivity index (χ1) is 8.72. The highest BCUT2D eigenvalue weighted by atomic mass is 16.5. The average Bonchev–Trinajstić information content (AvgIpc) is 2.34. The van der Waals surface area contributed by atoms with Gasteiger partial charge in [-0.25, -0.2) is 4.98 Å². The Balaban J connectivity index is 2.16. The van der Waals surface area contributed by atoms with Crippen LogP contribution in [0.1, 0.15) is 27.2 Å². The number of nitrogens with zero attached hydrogens (tertiary/aromatic N) is 2. The van der Waals surface area contributed by atoms with Crippen molar-refractivity contribution in [3.05, 3.63) is 12.3 Å². The number of anilines is 1. The van der Waals surface area contributed by atoms with Gasteiger partial charge >= 0.3 is 0 Å². The molecule has 0 atom stereocenters. The molecule has 0 saturated heterocycles. The molecule has 1 aromatic rings. The highest BCUT2D eigenvalue weighted by Gasteiger charge is 1.99. The monoisotopic (exact) mass is 253 g/mol. The normalized spacial score (nSPS) is 10.7. The van der Waals surface area contributed by atoms with E-state index in [1.807, 2.05) is 6.92 Å². The summed E-state index contributed by atoms with van der Waals surface area (Å²) in [5.74, 6) is 1.85. The molecule has 5 nitrogen and oxygen atoms in total. The lowest BCUT2D eigenvalue weighted by Gasteiger charge is -2.08. The third-order valence-electron chi connectivity index (χ3n) is 2.29. The van der Waals surface area contributed by atoms with Crippen LogP contribution in [0.4, 0.5) is 5.95 Å². The first kappa shape index (κ1) is 14.7. The molecule has 0 unspecified atom stereocenters. The molecule has 0 saturated carbocycles. The van der Waals surface area contributed by atoms with E-state index in [0.29, 0.717) is 37.5 Å². The Bertz CT molecular complexity index is 332. The van der Waals surface area contributed by atoms with Crippen molar-refractivity contribution in [1.29, 1.82) is 0 Å². The van der Waals surface area contributed by atoms with Crippen LogP contribution in [-0.4, -0.2) is 36.3 Å². The maximum Gasteiger partial charge on any atom is 0.226 e. The molecule has 1 aromatic heterocycles. The topological polar surface area (TPSA) is 56.3 Å². The molecule has 102 valence electrons. The molecule has 1 N–H and O–H groups in total. The van der Waals surface area contributed by atoms with E-state index < -0.39 is 0 Å². The van der Waals surface area contributed by atoms with Crippen LogP contribution in [0.5, 0.6) is 5.88 Å². The molecule has 0 aliphatic carbocycles. The van der Waals surface area contributed by atoms with E-state index in [1.165, 1.54) is 0 Å². The number of ether oxygens (including phenoxy) is 2. The van der Waals surface area contributed by atoms with Gasteiger partial charge in [0.1, 0.15) is 0 Å². The number of hydrogen-bond acceptors (Lipinski definition) is 5. The van der Waals surface area contributed by atoms with Crippen LogP contribution in [0.15, 0.2) is 12.3 Å². The second-order valence-corrected chi connectivity index (χ2v) is 4.37. The van der Waals surface area contributed by atoms with Gasteiger partial charge in [-0.2, -0.15) is 4.98 Å². The van der Waals surface area contributed by atoms with Crippen LogP contribution in [0, 0.1) is 5.92 Å². The van der Waals surface area contributed by atoms with E-state index in [0.717, 1.165) is 13.0 Å². The summed E-state index contributed by atoms with van der Waals surface area (Å²) in [6.07, 6.45) is 2.77. The number of rotatable bonds is 9. The fourth-order valence-electron chi connectivity index (χ4n) is 1.31. The highest BCUT2D eigenvalue weighted by Crippen LogP contribution is 2.07. The molecule has 0 bridgehead atoms. The predicted octanol–water partition coefficient (Wildman–Crippen LogP) is 2.35. The van der Waals surface area contributed by atoms with Gasteiger partial charge in [-0.05, 0) is 19.3 Å². The smallest absolute Gasteiger partial charge is 0.226 e. The van der Waals surface area contributed by atoms with Gasteiger partial charge in [0.05, 0.1) is 13.2 Å². The molecule has 0 aromatic carbocycles. The van der Waals surface area contributed by atoms with Crippen LogP contribution >= 0.6 is 0 Å². The summed E-state index contributed by atoms with van der Waals surface area (Å²) in [5.41, 5.74) is 0. The third kappa shape index (κ3) is 6.39. The second kappa shape index (κ2) is 8.69. The SMILES string of the molecule is CCOc1ccnc(NCCOCCC(C)C)n1. The van der Waals surface area contributed by atoms with Crippen molar-refractivity contribution >= 4 is 5.95 Å². The summed E-state index contributed by atoms with van der Waals surface area (Å²) in [6.45, 7) is 9.08. The van der Waals surface area contributed by atoms with Gasteiger partial charge in [0.2, 0.25) is 11.8 Å². The molecule has 1 rings (SSSR count). The van der Waals surface area contributed by atoms with E-state index in [4.69, 9.17) is 9.47 Å². The molecule has 0 fully saturated rings. The molecular formula is C13H23N3O2. The van der Waals surface area contributed by atoms with Crippen molar-refractivity contribution in [3.8, 4) is 5.88 Å². The lowest BCUT2D eigenvalue weighted by atomic mass is 10.1. The average molecular weight is 253 g/mol.